The number of hydrogen-bond acceptors (Lipinski definition) is 5. The van der Waals surface area contributed by atoms with Crippen molar-refractivity contribution in [2.45, 2.75) is 39.3 Å². The third kappa shape index (κ3) is 5.56. The molecule has 2 aromatic carbocycles. The third-order valence-electron chi connectivity index (χ3n) is 6.49. The van der Waals surface area contributed by atoms with Crippen molar-refractivity contribution in [3.63, 3.8) is 0 Å². The molecule has 0 aliphatic heterocycles. The van der Waals surface area contributed by atoms with E-state index >= 15 is 0 Å². The fourth-order valence-corrected chi connectivity index (χ4v) is 4.49. The van der Waals surface area contributed by atoms with Crippen molar-refractivity contribution in [1.82, 2.24) is 18.3 Å². The van der Waals surface area contributed by atoms with Crippen LogP contribution in [0, 0.1) is 6.92 Å². The van der Waals surface area contributed by atoms with Gasteiger partial charge in [0.05, 0.1) is 35.4 Å². The van der Waals surface area contributed by atoms with Gasteiger partial charge in [-0.3, -0.25) is 23.1 Å². The molecule has 9 nitrogen and oxygen atoms in total. The number of halogens is 6. The van der Waals surface area contributed by atoms with Gasteiger partial charge < -0.3 is 4.74 Å². The molecule has 0 saturated heterocycles. The van der Waals surface area contributed by atoms with Crippen molar-refractivity contribution >= 4 is 17.0 Å². The first-order chi connectivity index (χ1) is 19.0. The van der Waals surface area contributed by atoms with Crippen molar-refractivity contribution in [3.05, 3.63) is 96.2 Å². The first kappa shape index (κ1) is 29.4. The molecule has 0 amide bonds. The molecule has 4 aromatic rings. The van der Waals surface area contributed by atoms with Gasteiger partial charge in [-0.2, -0.15) is 26.3 Å². The van der Waals surface area contributed by atoms with E-state index in [2.05, 4.69) is 0 Å². The van der Waals surface area contributed by atoms with E-state index in [0.29, 0.717) is 9.13 Å². The highest BCUT2D eigenvalue weighted by atomic mass is 19.4. The average molecular weight is 584 g/mol. The lowest BCUT2D eigenvalue weighted by molar-refractivity contribution is -0.140. The number of benzene rings is 2. The zero-order valence-electron chi connectivity index (χ0n) is 21.8. The maximum Gasteiger partial charge on any atom is 0.416 e. The normalized spacial score (nSPS) is 12.2. The second kappa shape index (κ2) is 10.4. The number of esters is 1. The fraction of sp³-hybridized carbons (Fsp3) is 0.308. The first-order valence-corrected chi connectivity index (χ1v) is 12.0. The third-order valence-corrected chi connectivity index (χ3v) is 6.49. The molecule has 0 saturated carbocycles. The van der Waals surface area contributed by atoms with E-state index < -0.39 is 59.5 Å². The van der Waals surface area contributed by atoms with E-state index in [4.69, 9.17) is 4.74 Å². The molecular weight excluding hydrogens is 562 g/mol. The minimum atomic E-state index is -4.75. The van der Waals surface area contributed by atoms with Gasteiger partial charge >= 0.3 is 29.7 Å². The minimum Gasteiger partial charge on any atom is -0.462 e. The Labute approximate surface area is 226 Å². The van der Waals surface area contributed by atoms with Crippen molar-refractivity contribution < 1.29 is 35.9 Å². The molecule has 2 heterocycles. The highest BCUT2D eigenvalue weighted by molar-refractivity contribution is 5.88. The molecule has 0 atom stereocenters. The van der Waals surface area contributed by atoms with Crippen LogP contribution in [0.4, 0.5) is 26.3 Å². The Balaban J connectivity index is 1.98. The molecule has 41 heavy (non-hydrogen) atoms. The number of imidazole rings is 1. The van der Waals surface area contributed by atoms with Gasteiger partial charge in [0.2, 0.25) is 0 Å². The van der Waals surface area contributed by atoms with E-state index in [1.54, 1.807) is 0 Å². The lowest BCUT2D eigenvalue weighted by Gasteiger charge is -2.16. The average Bonchev–Trinajstić information content (AvgIpc) is 3.10. The zero-order chi connectivity index (χ0) is 30.4. The second-order valence-corrected chi connectivity index (χ2v) is 9.11. The molecule has 0 N–H and O–H groups in total. The maximum absolute atomic E-state index is 13.5. The molecule has 2 aromatic heterocycles. The molecule has 15 heteroatoms. The number of aromatic nitrogens is 4. The predicted octanol–water partition coefficient (Wildman–Crippen LogP) is 3.77. The van der Waals surface area contributed by atoms with Gasteiger partial charge in [-0.15, -0.1) is 0 Å². The van der Waals surface area contributed by atoms with Crippen LogP contribution in [-0.2, 0) is 31.1 Å². The summed E-state index contributed by atoms with van der Waals surface area (Å²) in [4.78, 5) is 51.9. The van der Waals surface area contributed by atoms with Crippen LogP contribution < -0.4 is 16.9 Å². The van der Waals surface area contributed by atoms with Crippen LogP contribution in [0.15, 0.2) is 57.0 Å². The summed E-state index contributed by atoms with van der Waals surface area (Å²) in [7, 11) is 1.26. The smallest absolute Gasteiger partial charge is 0.416 e. The molecule has 4 rings (SSSR count). The van der Waals surface area contributed by atoms with Crippen LogP contribution in [0.5, 0.6) is 0 Å². The number of nitrogens with zero attached hydrogens (tertiary/aromatic N) is 4. The number of rotatable bonds is 6. The summed E-state index contributed by atoms with van der Waals surface area (Å²) >= 11 is 0. The van der Waals surface area contributed by atoms with Crippen LogP contribution in [-0.4, -0.2) is 37.0 Å². The minimum absolute atomic E-state index is 0.0379. The molecule has 218 valence electrons. The Morgan fingerprint density at radius 2 is 1.61 bits per heavy atom. The zero-order valence-corrected chi connectivity index (χ0v) is 21.8. The standard InChI is InChI=1S/C26H22F6N4O5/c1-4-41-22(38)17-12-34(16-8-9-19-20(10-16)36(13-25(27,28)29)23(39)33(19)3)24(40)35(21(17)37)11-15-6-5-7-18(14(15)2)26(30,31)32/h5-10,12H,4,11,13H2,1-3H3. The summed E-state index contributed by atoms with van der Waals surface area (Å²) in [6.07, 6.45) is -8.62. The van der Waals surface area contributed by atoms with E-state index in [9.17, 15) is 45.5 Å². The predicted molar refractivity (Wildman–Crippen MR) is 134 cm³/mol. The van der Waals surface area contributed by atoms with Gasteiger partial charge in [0, 0.05) is 13.2 Å². The molecule has 0 unspecified atom stereocenters. The molecule has 0 aliphatic rings. The molecule has 0 spiro atoms. The maximum atomic E-state index is 13.5. The Morgan fingerprint density at radius 1 is 0.927 bits per heavy atom. The van der Waals surface area contributed by atoms with E-state index in [1.165, 1.54) is 39.1 Å². The van der Waals surface area contributed by atoms with Crippen molar-refractivity contribution in [3.8, 4) is 5.69 Å². The number of alkyl halides is 6. The summed E-state index contributed by atoms with van der Waals surface area (Å²) in [6.45, 7) is 0.197. The van der Waals surface area contributed by atoms with Crippen LogP contribution in [0.25, 0.3) is 16.7 Å². The topological polar surface area (TPSA) is 97.2 Å². The lowest BCUT2D eigenvalue weighted by atomic mass is 10.0. The number of ether oxygens (including phenoxy) is 1. The summed E-state index contributed by atoms with van der Waals surface area (Å²) in [6, 6.07) is 6.88. The SMILES string of the molecule is CCOC(=O)c1cn(-c2ccc3c(c2)n(CC(F)(F)F)c(=O)n3C)c(=O)n(Cc2cccc(C(F)(F)F)c2C)c1=O. The van der Waals surface area contributed by atoms with Crippen LogP contribution in [0.1, 0.15) is 34.0 Å². The molecule has 0 bridgehead atoms. The molecule has 0 aliphatic carbocycles. The summed E-state index contributed by atoms with van der Waals surface area (Å²) in [5.41, 5.74) is -5.33. The molecular formula is C26H22F6N4O5. The number of hydrogen-bond donors (Lipinski definition) is 0. The first-order valence-electron chi connectivity index (χ1n) is 12.0. The number of aryl methyl sites for hydroxylation is 1. The second-order valence-electron chi connectivity index (χ2n) is 9.11. The van der Waals surface area contributed by atoms with E-state index in [0.717, 1.165) is 33.5 Å². The largest absolute Gasteiger partial charge is 0.462 e. The quantitative estimate of drug-likeness (QED) is 0.254. The number of fused-ring (bicyclic) bond motifs is 1. The van der Waals surface area contributed by atoms with Gasteiger partial charge in [-0.25, -0.2) is 14.4 Å². The Morgan fingerprint density at radius 3 is 2.22 bits per heavy atom. The fourth-order valence-electron chi connectivity index (χ4n) is 4.49. The van der Waals surface area contributed by atoms with Gasteiger partial charge in [-0.1, -0.05) is 12.1 Å². The number of carbonyl (C=O) groups is 1. The van der Waals surface area contributed by atoms with Crippen molar-refractivity contribution in [2.75, 3.05) is 6.61 Å². The summed E-state index contributed by atoms with van der Waals surface area (Å²) in [5.74, 6) is -1.13. The summed E-state index contributed by atoms with van der Waals surface area (Å²) < 4.78 is 87.7. The Kier molecular flexibility index (Phi) is 7.50. The Hall–Kier alpha value is -4.56. The highest BCUT2D eigenvalue weighted by Gasteiger charge is 2.33. The van der Waals surface area contributed by atoms with Crippen molar-refractivity contribution in [1.29, 1.82) is 0 Å². The van der Waals surface area contributed by atoms with E-state index in [-0.39, 0.29) is 34.5 Å². The molecule has 0 radical (unpaired) electrons. The van der Waals surface area contributed by atoms with Gasteiger partial charge in [0.1, 0.15) is 12.1 Å². The molecule has 0 fully saturated rings. The van der Waals surface area contributed by atoms with Crippen LogP contribution >= 0.6 is 0 Å². The lowest BCUT2D eigenvalue weighted by Crippen LogP contribution is -2.42. The van der Waals surface area contributed by atoms with E-state index in [1.807, 2.05) is 0 Å². The summed E-state index contributed by atoms with van der Waals surface area (Å²) in [5, 5.41) is 0. The van der Waals surface area contributed by atoms with Gasteiger partial charge in [0.25, 0.3) is 5.56 Å². The Bertz CT molecular complexity index is 1840. The monoisotopic (exact) mass is 584 g/mol. The van der Waals surface area contributed by atoms with Crippen LogP contribution in [0.2, 0.25) is 0 Å². The van der Waals surface area contributed by atoms with Crippen molar-refractivity contribution in [2.24, 2.45) is 7.05 Å². The van der Waals surface area contributed by atoms with Crippen LogP contribution in [0.3, 0.4) is 0 Å². The highest BCUT2D eigenvalue weighted by Crippen LogP contribution is 2.33. The van der Waals surface area contributed by atoms with Gasteiger partial charge in [0.15, 0.2) is 0 Å². The van der Waals surface area contributed by atoms with Gasteiger partial charge in [-0.05, 0) is 49.2 Å². The number of carbonyl (C=O) groups excluding carboxylic acids is 1.